The average Bonchev–Trinajstić information content (AvgIpc) is 3.32. The van der Waals surface area contributed by atoms with Crippen LogP contribution in [-0.4, -0.2) is 24.2 Å². The van der Waals surface area contributed by atoms with Gasteiger partial charge in [-0.25, -0.2) is 4.39 Å². The Morgan fingerprint density at radius 2 is 1.87 bits per heavy atom. The minimum absolute atomic E-state index is 0.0382. The van der Waals surface area contributed by atoms with Crippen LogP contribution in [0.15, 0.2) is 54.6 Å². The van der Waals surface area contributed by atoms with Crippen molar-refractivity contribution in [3.05, 3.63) is 71.5 Å². The number of hydrogen-bond acceptors (Lipinski definition) is 2. The van der Waals surface area contributed by atoms with E-state index in [2.05, 4.69) is 5.32 Å². The van der Waals surface area contributed by atoms with Crippen LogP contribution in [0.2, 0.25) is 0 Å². The summed E-state index contributed by atoms with van der Waals surface area (Å²) in [6.07, 6.45) is 1.36. The number of nitrogens with one attached hydrogen (secondary N) is 1. The topological polar surface area (TPSA) is 49.3 Å². The summed E-state index contributed by atoms with van der Waals surface area (Å²) in [6, 6.07) is 16.0. The molecular formula is C19H20FNO2. The molecule has 0 heterocycles. The lowest BCUT2D eigenvalue weighted by atomic mass is 9.92. The van der Waals surface area contributed by atoms with E-state index in [4.69, 9.17) is 0 Å². The van der Waals surface area contributed by atoms with Crippen LogP contribution >= 0.6 is 0 Å². The van der Waals surface area contributed by atoms with Gasteiger partial charge in [-0.3, -0.25) is 4.79 Å². The highest BCUT2D eigenvalue weighted by Crippen LogP contribution is 2.54. The first-order chi connectivity index (χ1) is 11.2. The lowest BCUT2D eigenvalue weighted by Crippen LogP contribution is -2.37. The molecule has 2 atom stereocenters. The molecule has 0 spiro atoms. The lowest BCUT2D eigenvalue weighted by molar-refractivity contribution is -0.124. The van der Waals surface area contributed by atoms with E-state index in [1.807, 2.05) is 30.3 Å². The van der Waals surface area contributed by atoms with Gasteiger partial charge in [0.2, 0.25) is 5.91 Å². The maximum absolute atomic E-state index is 13.1. The van der Waals surface area contributed by atoms with E-state index in [1.54, 1.807) is 12.1 Å². The van der Waals surface area contributed by atoms with Crippen LogP contribution in [0, 0.1) is 11.7 Å². The van der Waals surface area contributed by atoms with E-state index in [0.29, 0.717) is 13.0 Å². The molecule has 0 saturated heterocycles. The minimum Gasteiger partial charge on any atom is -0.396 e. The first-order valence-electron chi connectivity index (χ1n) is 7.86. The largest absolute Gasteiger partial charge is 0.396 e. The fraction of sp³-hybridized carbons (Fsp3) is 0.316. The molecule has 2 N–H and O–H groups in total. The molecule has 4 heteroatoms. The quantitative estimate of drug-likeness (QED) is 0.860. The van der Waals surface area contributed by atoms with Crippen molar-refractivity contribution in [2.45, 2.75) is 18.3 Å². The predicted octanol–water partition coefficient (Wildman–Crippen LogP) is 2.43. The van der Waals surface area contributed by atoms with Crippen LogP contribution in [-0.2, 0) is 16.6 Å². The standard InChI is InChI=1S/C19H20FNO2/c20-17-8-6-15(7-9-17)19(12-16(19)13-22)18(23)21-11-10-14-4-2-1-3-5-14/h1-9,16,22H,10-13H2,(H,21,23)/t16-,19+/m0/s1. The van der Waals surface area contributed by atoms with Gasteiger partial charge < -0.3 is 10.4 Å². The molecule has 1 amide bonds. The van der Waals surface area contributed by atoms with Crippen molar-refractivity contribution in [1.29, 1.82) is 0 Å². The molecule has 1 saturated carbocycles. The molecule has 23 heavy (non-hydrogen) atoms. The Morgan fingerprint density at radius 1 is 1.17 bits per heavy atom. The highest BCUT2D eigenvalue weighted by atomic mass is 19.1. The van der Waals surface area contributed by atoms with Gasteiger partial charge in [0.1, 0.15) is 5.82 Å². The van der Waals surface area contributed by atoms with E-state index in [0.717, 1.165) is 17.5 Å². The highest BCUT2D eigenvalue weighted by molar-refractivity contribution is 5.92. The number of carbonyl (C=O) groups is 1. The van der Waals surface area contributed by atoms with Crippen molar-refractivity contribution in [3.63, 3.8) is 0 Å². The van der Waals surface area contributed by atoms with Crippen molar-refractivity contribution in [3.8, 4) is 0 Å². The molecule has 2 aromatic carbocycles. The van der Waals surface area contributed by atoms with E-state index in [-0.39, 0.29) is 24.2 Å². The number of benzene rings is 2. The highest BCUT2D eigenvalue weighted by Gasteiger charge is 2.60. The Labute approximate surface area is 135 Å². The van der Waals surface area contributed by atoms with E-state index >= 15 is 0 Å². The number of aliphatic hydroxyl groups is 1. The summed E-state index contributed by atoms with van der Waals surface area (Å²) in [4.78, 5) is 12.7. The number of hydrogen-bond donors (Lipinski definition) is 2. The maximum atomic E-state index is 13.1. The van der Waals surface area contributed by atoms with Crippen molar-refractivity contribution in [2.75, 3.05) is 13.2 Å². The normalized spacial score (nSPS) is 22.6. The Morgan fingerprint density at radius 3 is 2.48 bits per heavy atom. The summed E-state index contributed by atoms with van der Waals surface area (Å²) in [7, 11) is 0. The lowest BCUT2D eigenvalue weighted by Gasteiger charge is -2.18. The average molecular weight is 313 g/mol. The van der Waals surface area contributed by atoms with Gasteiger partial charge in [0.25, 0.3) is 0 Å². The predicted molar refractivity (Wildman–Crippen MR) is 86.4 cm³/mol. The monoisotopic (exact) mass is 313 g/mol. The van der Waals surface area contributed by atoms with Gasteiger partial charge >= 0.3 is 0 Å². The Kier molecular flexibility index (Phi) is 4.44. The van der Waals surface area contributed by atoms with Crippen LogP contribution in [0.3, 0.4) is 0 Å². The van der Waals surface area contributed by atoms with E-state index in [1.165, 1.54) is 12.1 Å². The minimum atomic E-state index is -0.709. The Hall–Kier alpha value is -2.20. The van der Waals surface area contributed by atoms with Crippen molar-refractivity contribution < 1.29 is 14.3 Å². The fourth-order valence-corrected chi connectivity index (χ4v) is 3.18. The van der Waals surface area contributed by atoms with Crippen molar-refractivity contribution >= 4 is 5.91 Å². The molecule has 0 radical (unpaired) electrons. The summed E-state index contributed by atoms with van der Waals surface area (Å²) < 4.78 is 13.1. The third kappa shape index (κ3) is 3.13. The van der Waals surface area contributed by atoms with Gasteiger partial charge in [-0.15, -0.1) is 0 Å². The number of halogens is 1. The SMILES string of the molecule is O=C(NCCc1ccccc1)[C@@]1(c2ccc(F)cc2)C[C@H]1CO. The van der Waals surface area contributed by atoms with Gasteiger partial charge in [-0.2, -0.15) is 0 Å². The summed E-state index contributed by atoms with van der Waals surface area (Å²) in [5, 5.41) is 12.4. The summed E-state index contributed by atoms with van der Waals surface area (Å²) in [5.41, 5.74) is 1.23. The maximum Gasteiger partial charge on any atom is 0.231 e. The Balaban J connectivity index is 1.67. The van der Waals surface area contributed by atoms with Crippen LogP contribution < -0.4 is 5.32 Å². The molecule has 2 aromatic rings. The Bertz CT molecular complexity index is 672. The number of amides is 1. The number of carbonyl (C=O) groups excluding carboxylic acids is 1. The summed E-state index contributed by atoms with van der Waals surface area (Å²) in [5.74, 6) is -0.502. The van der Waals surface area contributed by atoms with Crippen molar-refractivity contribution in [2.24, 2.45) is 5.92 Å². The number of rotatable bonds is 6. The third-order valence-corrected chi connectivity index (χ3v) is 4.63. The molecule has 0 unspecified atom stereocenters. The molecule has 1 aliphatic rings. The summed E-state index contributed by atoms with van der Waals surface area (Å²) >= 11 is 0. The molecule has 1 fully saturated rings. The zero-order valence-corrected chi connectivity index (χ0v) is 12.8. The summed E-state index contributed by atoms with van der Waals surface area (Å²) in [6.45, 7) is 0.507. The van der Waals surface area contributed by atoms with Gasteiger partial charge in [0.05, 0.1) is 5.41 Å². The zero-order valence-electron chi connectivity index (χ0n) is 12.8. The van der Waals surface area contributed by atoms with Gasteiger partial charge in [0.15, 0.2) is 0 Å². The molecule has 0 aliphatic heterocycles. The molecule has 3 nitrogen and oxygen atoms in total. The van der Waals surface area contributed by atoms with Crippen LogP contribution in [0.5, 0.6) is 0 Å². The van der Waals surface area contributed by atoms with Crippen LogP contribution in [0.1, 0.15) is 17.5 Å². The fourth-order valence-electron chi connectivity index (χ4n) is 3.18. The van der Waals surface area contributed by atoms with Crippen LogP contribution in [0.4, 0.5) is 4.39 Å². The molecule has 0 bridgehead atoms. The zero-order chi connectivity index (χ0) is 16.3. The van der Waals surface area contributed by atoms with Gasteiger partial charge in [-0.1, -0.05) is 42.5 Å². The molecule has 0 aromatic heterocycles. The first kappa shape index (κ1) is 15.7. The molecular weight excluding hydrogens is 293 g/mol. The second kappa shape index (κ2) is 6.50. The second-order valence-corrected chi connectivity index (χ2v) is 6.05. The smallest absolute Gasteiger partial charge is 0.231 e. The number of aliphatic hydroxyl groups excluding tert-OH is 1. The van der Waals surface area contributed by atoms with Crippen molar-refractivity contribution in [1.82, 2.24) is 5.32 Å². The van der Waals surface area contributed by atoms with E-state index in [9.17, 15) is 14.3 Å². The van der Waals surface area contributed by atoms with Gasteiger partial charge in [-0.05, 0) is 36.1 Å². The first-order valence-corrected chi connectivity index (χ1v) is 7.86. The molecule has 120 valence electrons. The molecule has 1 aliphatic carbocycles. The van der Waals surface area contributed by atoms with E-state index < -0.39 is 5.41 Å². The van der Waals surface area contributed by atoms with Gasteiger partial charge in [0, 0.05) is 19.1 Å². The second-order valence-electron chi connectivity index (χ2n) is 6.05. The third-order valence-electron chi connectivity index (χ3n) is 4.63. The van der Waals surface area contributed by atoms with Crippen LogP contribution in [0.25, 0.3) is 0 Å². The molecule has 3 rings (SSSR count).